The summed E-state index contributed by atoms with van der Waals surface area (Å²) in [5.74, 6) is 1.53. The average molecular weight is 330 g/mol. The second kappa shape index (κ2) is 11.7. The summed E-state index contributed by atoms with van der Waals surface area (Å²) in [6.45, 7) is 14.3. The number of rotatable bonds is 10. The number of guanidine groups is 1. The molecule has 5 heteroatoms. The Bertz CT molecular complexity index is 361. The monoisotopic (exact) mass is 329 g/mol. The van der Waals surface area contributed by atoms with E-state index in [1.807, 2.05) is 26.8 Å². The highest BCUT2D eigenvalue weighted by molar-refractivity contribution is 7.86. The van der Waals surface area contributed by atoms with Crippen molar-refractivity contribution < 1.29 is 4.21 Å². The highest BCUT2D eigenvalue weighted by Crippen LogP contribution is 2.11. The Balaban J connectivity index is 4.28. The first-order valence-electron chi connectivity index (χ1n) is 8.31. The zero-order valence-corrected chi connectivity index (χ0v) is 16.0. The number of nitrogens with zero attached hydrogens (tertiary/aromatic N) is 2. The second-order valence-electron chi connectivity index (χ2n) is 6.46. The van der Waals surface area contributed by atoms with Gasteiger partial charge in [0.15, 0.2) is 5.96 Å². The second-order valence-corrected chi connectivity index (χ2v) is 8.78. The molecule has 0 radical (unpaired) electrons. The Kier molecular flexibility index (Phi) is 11.2. The van der Waals surface area contributed by atoms with Gasteiger partial charge in [-0.15, -0.1) is 6.58 Å². The molecule has 0 fully saturated rings. The molecule has 1 unspecified atom stereocenters. The van der Waals surface area contributed by atoms with E-state index < -0.39 is 10.8 Å². The van der Waals surface area contributed by atoms with Gasteiger partial charge in [-0.3, -0.25) is 9.20 Å². The molecule has 130 valence electrons. The van der Waals surface area contributed by atoms with Gasteiger partial charge in [-0.1, -0.05) is 12.5 Å². The van der Waals surface area contributed by atoms with E-state index in [0.29, 0.717) is 12.3 Å². The van der Waals surface area contributed by atoms with Crippen molar-refractivity contribution >= 4 is 16.8 Å². The van der Waals surface area contributed by atoms with Crippen molar-refractivity contribution in [2.75, 3.05) is 32.4 Å². The molecule has 1 atom stereocenters. The first-order valence-corrected chi connectivity index (χ1v) is 9.63. The number of unbranched alkanes of at least 4 members (excludes halogenated alkanes) is 3. The molecule has 0 bridgehead atoms. The average Bonchev–Trinajstić information content (AvgIpc) is 2.44. The Morgan fingerprint density at radius 3 is 2.55 bits per heavy atom. The predicted octanol–water partition coefficient (Wildman–Crippen LogP) is 3.18. The zero-order valence-electron chi connectivity index (χ0n) is 15.2. The van der Waals surface area contributed by atoms with Crippen LogP contribution in [0.3, 0.4) is 0 Å². The Labute approximate surface area is 139 Å². The van der Waals surface area contributed by atoms with E-state index in [2.05, 4.69) is 35.8 Å². The molecule has 0 rings (SSSR count). The van der Waals surface area contributed by atoms with Crippen LogP contribution < -0.4 is 5.32 Å². The number of hydrogen-bond donors (Lipinski definition) is 1. The van der Waals surface area contributed by atoms with Gasteiger partial charge in [0.05, 0.1) is 6.54 Å². The van der Waals surface area contributed by atoms with Gasteiger partial charge in [0.1, 0.15) is 0 Å². The van der Waals surface area contributed by atoms with Gasteiger partial charge in [-0.2, -0.15) is 0 Å². The first kappa shape index (κ1) is 21.2. The lowest BCUT2D eigenvalue weighted by Crippen LogP contribution is -2.39. The largest absolute Gasteiger partial charge is 0.357 e. The van der Waals surface area contributed by atoms with Gasteiger partial charge in [0, 0.05) is 41.4 Å². The summed E-state index contributed by atoms with van der Waals surface area (Å²) in [7, 11) is 1.22. The van der Waals surface area contributed by atoms with Crippen molar-refractivity contribution in [3.05, 3.63) is 12.7 Å². The van der Waals surface area contributed by atoms with Gasteiger partial charge in [0.2, 0.25) is 0 Å². The fourth-order valence-corrected chi connectivity index (χ4v) is 2.80. The summed E-state index contributed by atoms with van der Waals surface area (Å²) in [5.41, 5.74) is 0. The van der Waals surface area contributed by atoms with Crippen LogP contribution in [0.15, 0.2) is 17.6 Å². The standard InChI is InChI=1S/C17H35N3OS/c1-7-9-10-11-12-14-20(6)16(18-8-2)19-13-15-22(21)17(3,4)5/h7H,1,8-15H2,2-6H3,(H,18,19). The third-order valence-corrected chi connectivity index (χ3v) is 5.24. The third kappa shape index (κ3) is 9.98. The van der Waals surface area contributed by atoms with Crippen LogP contribution in [0.5, 0.6) is 0 Å². The molecule has 0 aliphatic carbocycles. The predicted molar refractivity (Wildman–Crippen MR) is 100 cm³/mol. The van der Waals surface area contributed by atoms with Crippen LogP contribution in [-0.4, -0.2) is 52.3 Å². The molecular weight excluding hydrogens is 294 g/mol. The molecule has 0 aliphatic heterocycles. The minimum absolute atomic E-state index is 0.162. The molecule has 0 aromatic rings. The van der Waals surface area contributed by atoms with E-state index in [9.17, 15) is 4.21 Å². The Hall–Kier alpha value is -0.840. The van der Waals surface area contributed by atoms with E-state index in [0.717, 1.165) is 31.9 Å². The summed E-state index contributed by atoms with van der Waals surface area (Å²) in [6, 6.07) is 0. The number of aliphatic imine (C=N–C) groups is 1. The maximum absolute atomic E-state index is 12.0. The lowest BCUT2D eigenvalue weighted by atomic mass is 10.2. The molecule has 0 saturated heterocycles. The lowest BCUT2D eigenvalue weighted by molar-refractivity contribution is 0.456. The highest BCUT2D eigenvalue weighted by Gasteiger charge is 2.18. The van der Waals surface area contributed by atoms with E-state index >= 15 is 0 Å². The first-order chi connectivity index (χ1) is 10.3. The normalized spacial score (nSPS) is 13.8. The summed E-state index contributed by atoms with van der Waals surface area (Å²) < 4.78 is 11.9. The Morgan fingerprint density at radius 1 is 1.32 bits per heavy atom. The van der Waals surface area contributed by atoms with Crippen LogP contribution in [0.4, 0.5) is 0 Å². The van der Waals surface area contributed by atoms with E-state index in [1.165, 1.54) is 12.8 Å². The smallest absolute Gasteiger partial charge is 0.193 e. The van der Waals surface area contributed by atoms with Crippen molar-refractivity contribution in [3.8, 4) is 0 Å². The zero-order chi connectivity index (χ0) is 17.0. The van der Waals surface area contributed by atoms with Crippen molar-refractivity contribution in [1.82, 2.24) is 10.2 Å². The molecule has 0 heterocycles. The highest BCUT2D eigenvalue weighted by atomic mass is 32.2. The fraction of sp³-hybridized carbons (Fsp3) is 0.824. The number of nitrogens with one attached hydrogen (secondary N) is 1. The third-order valence-electron chi connectivity index (χ3n) is 3.32. The summed E-state index contributed by atoms with van der Waals surface area (Å²) >= 11 is 0. The molecule has 22 heavy (non-hydrogen) atoms. The van der Waals surface area contributed by atoms with Crippen molar-refractivity contribution in [1.29, 1.82) is 0 Å². The van der Waals surface area contributed by atoms with Crippen molar-refractivity contribution in [2.24, 2.45) is 4.99 Å². The molecule has 0 aromatic carbocycles. The molecule has 0 aromatic heterocycles. The topological polar surface area (TPSA) is 44.7 Å². The molecule has 0 aliphatic rings. The maximum Gasteiger partial charge on any atom is 0.193 e. The van der Waals surface area contributed by atoms with Gasteiger partial charge in [-0.05, 0) is 47.0 Å². The summed E-state index contributed by atoms with van der Waals surface area (Å²) in [6.07, 6.45) is 6.64. The molecule has 1 N–H and O–H groups in total. The van der Waals surface area contributed by atoms with Crippen molar-refractivity contribution in [3.63, 3.8) is 0 Å². The van der Waals surface area contributed by atoms with E-state index in [1.54, 1.807) is 0 Å². The van der Waals surface area contributed by atoms with Gasteiger partial charge in [0.25, 0.3) is 0 Å². The van der Waals surface area contributed by atoms with Crippen LogP contribution in [0.25, 0.3) is 0 Å². The van der Waals surface area contributed by atoms with Gasteiger partial charge in [-0.25, -0.2) is 0 Å². The van der Waals surface area contributed by atoms with Crippen LogP contribution in [0.2, 0.25) is 0 Å². The number of hydrogen-bond acceptors (Lipinski definition) is 2. The number of allylic oxidation sites excluding steroid dienone is 1. The Morgan fingerprint density at radius 2 is 2.00 bits per heavy atom. The van der Waals surface area contributed by atoms with Gasteiger partial charge >= 0.3 is 0 Å². The van der Waals surface area contributed by atoms with Gasteiger partial charge < -0.3 is 10.2 Å². The van der Waals surface area contributed by atoms with Crippen LogP contribution in [0, 0.1) is 0 Å². The molecule has 0 amide bonds. The lowest BCUT2D eigenvalue weighted by Gasteiger charge is -2.22. The van der Waals surface area contributed by atoms with E-state index in [4.69, 9.17) is 0 Å². The van der Waals surface area contributed by atoms with Crippen molar-refractivity contribution in [2.45, 2.75) is 58.1 Å². The molecule has 0 spiro atoms. The minimum Gasteiger partial charge on any atom is -0.357 e. The van der Waals surface area contributed by atoms with E-state index in [-0.39, 0.29) is 4.75 Å². The van der Waals surface area contributed by atoms with Crippen LogP contribution in [0.1, 0.15) is 53.4 Å². The quantitative estimate of drug-likeness (QED) is 0.290. The SMILES string of the molecule is C=CCCCCCN(C)C(=NCCS(=O)C(C)(C)C)NCC. The molecule has 4 nitrogen and oxygen atoms in total. The van der Waals surface area contributed by atoms with Crippen LogP contribution in [-0.2, 0) is 10.8 Å². The maximum atomic E-state index is 12.0. The molecule has 0 saturated carbocycles. The molecular formula is C17H35N3OS. The van der Waals surface area contributed by atoms with Crippen LogP contribution >= 0.6 is 0 Å². The minimum atomic E-state index is -0.843. The summed E-state index contributed by atoms with van der Waals surface area (Å²) in [4.78, 5) is 6.77. The summed E-state index contributed by atoms with van der Waals surface area (Å²) in [5, 5.41) is 3.31. The fourth-order valence-electron chi connectivity index (χ4n) is 1.93.